The standard InChI is InChI=1S/C26H35N3O4S/c1-3-5-9-17-27-25(30)21-15-18-28(19-16-21)26(31)22-11-10-14-24(20-22)34(32,33)29(4-2)23-12-7-6-8-13-23/h6-8,10-14,20-21H,3-5,9,15-19H2,1-2H3,(H,27,30). The van der Waals surface area contributed by atoms with Crippen molar-refractivity contribution in [2.24, 2.45) is 5.92 Å². The van der Waals surface area contributed by atoms with Crippen molar-refractivity contribution in [3.05, 3.63) is 60.2 Å². The number of likely N-dealkylation sites (tertiary alicyclic amines) is 1. The van der Waals surface area contributed by atoms with Gasteiger partial charge in [0.25, 0.3) is 15.9 Å². The number of nitrogens with zero attached hydrogens (tertiary/aromatic N) is 2. The van der Waals surface area contributed by atoms with E-state index in [9.17, 15) is 18.0 Å². The molecular formula is C26H35N3O4S. The summed E-state index contributed by atoms with van der Waals surface area (Å²) in [7, 11) is -3.81. The summed E-state index contributed by atoms with van der Waals surface area (Å²) in [5.74, 6) is -0.222. The third kappa shape index (κ3) is 6.17. The van der Waals surface area contributed by atoms with Gasteiger partial charge in [-0.05, 0) is 56.5 Å². The van der Waals surface area contributed by atoms with Gasteiger partial charge in [0.1, 0.15) is 0 Å². The number of amides is 2. The summed E-state index contributed by atoms with van der Waals surface area (Å²) in [6, 6.07) is 15.2. The number of unbranched alkanes of at least 4 members (excludes halogenated alkanes) is 2. The summed E-state index contributed by atoms with van der Waals surface area (Å²) in [4.78, 5) is 27.3. The zero-order valence-electron chi connectivity index (χ0n) is 20.1. The second-order valence-corrected chi connectivity index (χ2v) is 10.5. The average molecular weight is 486 g/mol. The molecule has 184 valence electrons. The molecule has 0 atom stereocenters. The minimum atomic E-state index is -3.81. The Kier molecular flexibility index (Phi) is 9.10. The van der Waals surface area contributed by atoms with Crippen LogP contribution in [0.4, 0.5) is 5.69 Å². The van der Waals surface area contributed by atoms with Gasteiger partial charge in [-0.1, -0.05) is 44.0 Å². The molecule has 2 aromatic carbocycles. The van der Waals surface area contributed by atoms with E-state index < -0.39 is 10.0 Å². The van der Waals surface area contributed by atoms with E-state index in [2.05, 4.69) is 12.2 Å². The molecule has 34 heavy (non-hydrogen) atoms. The van der Waals surface area contributed by atoms with Crippen LogP contribution >= 0.6 is 0 Å². The SMILES string of the molecule is CCCCCNC(=O)C1CCN(C(=O)c2cccc(S(=O)(=O)N(CC)c3ccccc3)c2)CC1. The molecule has 2 aromatic rings. The highest BCUT2D eigenvalue weighted by Gasteiger charge is 2.29. The summed E-state index contributed by atoms with van der Waals surface area (Å²) in [6.07, 6.45) is 4.42. The van der Waals surface area contributed by atoms with Crippen LogP contribution in [0.15, 0.2) is 59.5 Å². The van der Waals surface area contributed by atoms with E-state index >= 15 is 0 Å². The monoisotopic (exact) mass is 485 g/mol. The molecule has 1 saturated heterocycles. The molecule has 0 aliphatic carbocycles. The van der Waals surface area contributed by atoms with E-state index in [1.54, 1.807) is 48.2 Å². The number of para-hydroxylation sites is 1. The van der Waals surface area contributed by atoms with Gasteiger partial charge in [0.15, 0.2) is 0 Å². The van der Waals surface area contributed by atoms with E-state index in [1.165, 1.54) is 16.4 Å². The number of sulfonamides is 1. The molecule has 0 radical (unpaired) electrons. The number of carbonyl (C=O) groups is 2. The topological polar surface area (TPSA) is 86.8 Å². The summed E-state index contributed by atoms with van der Waals surface area (Å²) in [5.41, 5.74) is 0.921. The van der Waals surface area contributed by atoms with Crippen molar-refractivity contribution in [1.82, 2.24) is 10.2 Å². The number of piperidine rings is 1. The minimum Gasteiger partial charge on any atom is -0.356 e. The molecule has 0 bridgehead atoms. The first-order valence-corrected chi connectivity index (χ1v) is 13.6. The maximum absolute atomic E-state index is 13.3. The van der Waals surface area contributed by atoms with Gasteiger partial charge in [0.2, 0.25) is 5.91 Å². The number of hydrogen-bond acceptors (Lipinski definition) is 4. The van der Waals surface area contributed by atoms with E-state index in [4.69, 9.17) is 0 Å². The number of carbonyl (C=O) groups excluding carboxylic acids is 2. The minimum absolute atomic E-state index is 0.0665. The quantitative estimate of drug-likeness (QED) is 0.514. The van der Waals surface area contributed by atoms with Gasteiger partial charge in [0.05, 0.1) is 10.6 Å². The maximum atomic E-state index is 13.3. The molecule has 1 aliphatic rings. The zero-order valence-corrected chi connectivity index (χ0v) is 20.9. The second-order valence-electron chi connectivity index (χ2n) is 8.60. The zero-order chi connectivity index (χ0) is 24.6. The number of hydrogen-bond donors (Lipinski definition) is 1. The van der Waals surface area contributed by atoms with Crippen molar-refractivity contribution in [2.75, 3.05) is 30.5 Å². The third-order valence-corrected chi connectivity index (χ3v) is 8.13. The molecule has 2 amide bonds. The molecule has 0 unspecified atom stereocenters. The lowest BCUT2D eigenvalue weighted by molar-refractivity contribution is -0.126. The summed E-state index contributed by atoms with van der Waals surface area (Å²) in [6.45, 7) is 5.84. The van der Waals surface area contributed by atoms with Gasteiger partial charge in [-0.2, -0.15) is 0 Å². The van der Waals surface area contributed by atoms with Crippen LogP contribution in [-0.2, 0) is 14.8 Å². The summed E-state index contributed by atoms with van der Waals surface area (Å²) < 4.78 is 28.0. The second kappa shape index (κ2) is 12.0. The fourth-order valence-electron chi connectivity index (χ4n) is 4.26. The molecule has 8 heteroatoms. The molecule has 0 spiro atoms. The van der Waals surface area contributed by atoms with Gasteiger partial charge in [0, 0.05) is 37.7 Å². The van der Waals surface area contributed by atoms with E-state index in [0.29, 0.717) is 43.7 Å². The highest BCUT2D eigenvalue weighted by Crippen LogP contribution is 2.25. The highest BCUT2D eigenvalue weighted by molar-refractivity contribution is 7.92. The fraction of sp³-hybridized carbons (Fsp3) is 0.462. The molecule has 0 saturated carbocycles. The number of nitrogens with one attached hydrogen (secondary N) is 1. The first kappa shape index (κ1) is 25.7. The smallest absolute Gasteiger partial charge is 0.264 e. The van der Waals surface area contributed by atoms with Crippen LogP contribution in [0.1, 0.15) is 56.3 Å². The van der Waals surface area contributed by atoms with Crippen LogP contribution in [0.2, 0.25) is 0 Å². The predicted octanol–water partition coefficient (Wildman–Crippen LogP) is 4.06. The number of benzene rings is 2. The Hall–Kier alpha value is -2.87. The molecule has 0 aromatic heterocycles. The van der Waals surface area contributed by atoms with E-state index in [-0.39, 0.29) is 29.2 Å². The Balaban J connectivity index is 1.66. The van der Waals surface area contributed by atoms with Gasteiger partial charge in [-0.15, -0.1) is 0 Å². The van der Waals surface area contributed by atoms with E-state index in [0.717, 1.165) is 19.3 Å². The fourth-order valence-corrected chi connectivity index (χ4v) is 5.78. The van der Waals surface area contributed by atoms with Crippen molar-refractivity contribution >= 4 is 27.5 Å². The normalized spacial score (nSPS) is 14.6. The molecule has 1 heterocycles. The summed E-state index contributed by atoms with van der Waals surface area (Å²) >= 11 is 0. The number of rotatable bonds is 10. The van der Waals surface area contributed by atoms with Crippen LogP contribution in [0, 0.1) is 5.92 Å². The predicted molar refractivity (Wildman–Crippen MR) is 134 cm³/mol. The number of anilines is 1. The van der Waals surface area contributed by atoms with Gasteiger partial charge < -0.3 is 10.2 Å². The van der Waals surface area contributed by atoms with Crippen molar-refractivity contribution in [3.63, 3.8) is 0 Å². The van der Waals surface area contributed by atoms with Gasteiger partial charge >= 0.3 is 0 Å². The molecular weight excluding hydrogens is 450 g/mol. The molecule has 1 N–H and O–H groups in total. The van der Waals surface area contributed by atoms with E-state index in [1.807, 2.05) is 6.07 Å². The molecule has 1 fully saturated rings. The van der Waals surface area contributed by atoms with Crippen LogP contribution in [0.25, 0.3) is 0 Å². The van der Waals surface area contributed by atoms with Gasteiger partial charge in [-0.25, -0.2) is 8.42 Å². The molecule has 3 rings (SSSR count). The lowest BCUT2D eigenvalue weighted by atomic mass is 9.95. The Morgan fingerprint density at radius 3 is 2.35 bits per heavy atom. The van der Waals surface area contributed by atoms with Crippen molar-refractivity contribution in [2.45, 2.75) is 50.8 Å². The van der Waals surface area contributed by atoms with Crippen molar-refractivity contribution < 1.29 is 18.0 Å². The first-order valence-electron chi connectivity index (χ1n) is 12.1. The van der Waals surface area contributed by atoms with Crippen LogP contribution in [-0.4, -0.2) is 51.3 Å². The van der Waals surface area contributed by atoms with Crippen molar-refractivity contribution in [1.29, 1.82) is 0 Å². The first-order chi connectivity index (χ1) is 16.4. The third-order valence-electron chi connectivity index (χ3n) is 6.23. The Morgan fingerprint density at radius 2 is 1.71 bits per heavy atom. The van der Waals surface area contributed by atoms with Gasteiger partial charge in [-0.3, -0.25) is 13.9 Å². The Labute approximate surface area is 203 Å². The summed E-state index contributed by atoms with van der Waals surface area (Å²) in [5, 5.41) is 3.00. The van der Waals surface area contributed by atoms with Crippen LogP contribution in [0.5, 0.6) is 0 Å². The molecule has 1 aliphatic heterocycles. The lowest BCUT2D eigenvalue weighted by Gasteiger charge is -2.31. The maximum Gasteiger partial charge on any atom is 0.264 e. The highest BCUT2D eigenvalue weighted by atomic mass is 32.2. The average Bonchev–Trinajstić information content (AvgIpc) is 2.87. The van der Waals surface area contributed by atoms with Crippen molar-refractivity contribution in [3.8, 4) is 0 Å². The Bertz CT molecular complexity index is 1060. The molecule has 7 nitrogen and oxygen atoms in total. The Morgan fingerprint density at radius 1 is 1.00 bits per heavy atom. The van der Waals surface area contributed by atoms with Crippen LogP contribution < -0.4 is 9.62 Å². The largest absolute Gasteiger partial charge is 0.356 e. The van der Waals surface area contributed by atoms with Crippen LogP contribution in [0.3, 0.4) is 0 Å². The lowest BCUT2D eigenvalue weighted by Crippen LogP contribution is -2.43.